The Hall–Kier alpha value is -2.36. The fourth-order valence-electron chi connectivity index (χ4n) is 4.02. The van der Waals surface area contributed by atoms with Gasteiger partial charge in [0.15, 0.2) is 11.5 Å². The van der Waals surface area contributed by atoms with Crippen molar-refractivity contribution in [3.8, 4) is 17.4 Å². The summed E-state index contributed by atoms with van der Waals surface area (Å²) < 4.78 is 17.9. The average Bonchev–Trinajstić information content (AvgIpc) is 3.24. The summed E-state index contributed by atoms with van der Waals surface area (Å²) in [6.45, 7) is 5.89. The van der Waals surface area contributed by atoms with Gasteiger partial charge in [0.25, 0.3) is 5.91 Å². The van der Waals surface area contributed by atoms with Crippen molar-refractivity contribution in [2.24, 2.45) is 5.92 Å². The van der Waals surface area contributed by atoms with E-state index in [1.54, 1.807) is 17.2 Å². The minimum Gasteiger partial charge on any atom is -0.472 e. The van der Waals surface area contributed by atoms with E-state index in [9.17, 15) is 9.90 Å². The van der Waals surface area contributed by atoms with Crippen LogP contribution in [0.1, 0.15) is 29.8 Å². The molecule has 0 unspecified atom stereocenters. The van der Waals surface area contributed by atoms with Crippen LogP contribution >= 0.6 is 15.9 Å². The van der Waals surface area contributed by atoms with Gasteiger partial charge in [-0.2, -0.15) is 0 Å². The first-order chi connectivity index (χ1) is 15.4. The zero-order valence-electron chi connectivity index (χ0n) is 18.5. The van der Waals surface area contributed by atoms with Crippen LogP contribution in [0.4, 0.5) is 0 Å². The second-order valence-electron chi connectivity index (χ2n) is 8.51. The summed E-state index contributed by atoms with van der Waals surface area (Å²) in [6.07, 6.45) is 1.44. The van der Waals surface area contributed by atoms with E-state index in [0.29, 0.717) is 35.6 Å². The third kappa shape index (κ3) is 4.84. The molecule has 3 atom stereocenters. The van der Waals surface area contributed by atoms with Crippen molar-refractivity contribution in [3.63, 3.8) is 0 Å². The van der Waals surface area contributed by atoms with Crippen LogP contribution in [-0.4, -0.2) is 71.5 Å². The number of hydrogen-bond acceptors (Lipinski definition) is 7. The number of benzene rings is 1. The molecular formula is C23H28BrN3O5. The number of hydrogen-bond donors (Lipinski definition) is 1. The molecule has 2 aliphatic heterocycles. The first kappa shape index (κ1) is 22.8. The Labute approximate surface area is 196 Å². The molecule has 32 heavy (non-hydrogen) atoms. The predicted molar refractivity (Wildman–Crippen MR) is 122 cm³/mol. The quantitative estimate of drug-likeness (QED) is 0.645. The number of aliphatic hydroxyl groups excluding tert-OH is 1. The summed E-state index contributed by atoms with van der Waals surface area (Å²) in [6, 6.07) is 7.38. The number of nitrogens with zero attached hydrogens (tertiary/aromatic N) is 3. The number of aromatic nitrogens is 1. The van der Waals surface area contributed by atoms with E-state index < -0.39 is 0 Å². The number of carbonyl (C=O) groups excluding carboxylic acids is 1. The van der Waals surface area contributed by atoms with Crippen LogP contribution in [0.2, 0.25) is 0 Å². The van der Waals surface area contributed by atoms with Gasteiger partial charge >= 0.3 is 0 Å². The molecule has 1 aromatic heterocycles. The third-order valence-corrected chi connectivity index (χ3v) is 6.30. The molecule has 0 bridgehead atoms. The number of ether oxygens (including phenoxy) is 3. The highest BCUT2D eigenvalue weighted by Gasteiger charge is 2.34. The normalized spacial score (nSPS) is 21.1. The first-order valence-electron chi connectivity index (χ1n) is 10.7. The number of carbonyl (C=O) groups is 1. The van der Waals surface area contributed by atoms with Crippen LogP contribution < -0.4 is 14.2 Å². The molecule has 0 saturated heterocycles. The van der Waals surface area contributed by atoms with Crippen molar-refractivity contribution in [2.75, 3.05) is 33.5 Å². The summed E-state index contributed by atoms with van der Waals surface area (Å²) in [5, 5.41) is 9.72. The van der Waals surface area contributed by atoms with Crippen LogP contribution in [0, 0.1) is 5.92 Å². The third-order valence-electron chi connectivity index (χ3n) is 5.87. The minimum atomic E-state index is -0.304. The molecule has 3 heterocycles. The zero-order valence-corrected chi connectivity index (χ0v) is 20.0. The topological polar surface area (TPSA) is 84.4 Å². The number of pyridine rings is 1. The maximum absolute atomic E-state index is 13.2. The maximum atomic E-state index is 13.2. The van der Waals surface area contributed by atoms with Crippen molar-refractivity contribution < 1.29 is 24.1 Å². The lowest BCUT2D eigenvalue weighted by atomic mass is 10.00. The molecule has 8 nitrogen and oxygen atoms in total. The summed E-state index contributed by atoms with van der Waals surface area (Å²) in [5.41, 5.74) is 1.51. The van der Waals surface area contributed by atoms with Gasteiger partial charge < -0.3 is 24.2 Å². The van der Waals surface area contributed by atoms with E-state index in [4.69, 9.17) is 14.2 Å². The largest absolute Gasteiger partial charge is 0.472 e. The van der Waals surface area contributed by atoms with Crippen LogP contribution in [0.3, 0.4) is 0 Å². The molecule has 1 aromatic carbocycles. The lowest BCUT2D eigenvalue weighted by molar-refractivity contribution is 0.0325. The van der Waals surface area contributed by atoms with Gasteiger partial charge in [-0.05, 0) is 53.7 Å². The zero-order chi connectivity index (χ0) is 22.8. The molecular weight excluding hydrogens is 478 g/mol. The highest BCUT2D eigenvalue weighted by Crippen LogP contribution is 2.33. The SMILES string of the molecule is C[C@@H]1CN([C@H](C)CO)C(=O)c2cc(Br)cnc2O[C@@H]1CN(C)Cc1ccc2c(c1)OCO2. The van der Waals surface area contributed by atoms with Crippen LogP contribution in [0.5, 0.6) is 17.4 Å². The Morgan fingerprint density at radius 2 is 2.09 bits per heavy atom. The van der Waals surface area contributed by atoms with Gasteiger partial charge in [0.1, 0.15) is 11.7 Å². The lowest BCUT2D eigenvalue weighted by Gasteiger charge is -2.37. The summed E-state index contributed by atoms with van der Waals surface area (Å²) in [5.74, 6) is 1.70. The average molecular weight is 506 g/mol. The number of fused-ring (bicyclic) bond motifs is 2. The molecule has 0 fully saturated rings. The second-order valence-corrected chi connectivity index (χ2v) is 9.43. The van der Waals surface area contributed by atoms with Crippen LogP contribution in [-0.2, 0) is 6.54 Å². The van der Waals surface area contributed by atoms with E-state index in [1.165, 1.54) is 0 Å². The van der Waals surface area contributed by atoms with Gasteiger partial charge in [-0.25, -0.2) is 4.98 Å². The van der Waals surface area contributed by atoms with Gasteiger partial charge in [-0.1, -0.05) is 13.0 Å². The second kappa shape index (κ2) is 9.64. The Kier molecular flexibility index (Phi) is 6.88. The Balaban J connectivity index is 1.54. The molecule has 1 amide bonds. The van der Waals surface area contributed by atoms with Crippen molar-refractivity contribution >= 4 is 21.8 Å². The molecule has 9 heteroatoms. The van der Waals surface area contributed by atoms with Crippen molar-refractivity contribution in [1.82, 2.24) is 14.8 Å². The molecule has 1 N–H and O–H groups in total. The fraction of sp³-hybridized carbons (Fsp3) is 0.478. The van der Waals surface area contributed by atoms with E-state index in [1.807, 2.05) is 32.2 Å². The van der Waals surface area contributed by atoms with E-state index >= 15 is 0 Å². The maximum Gasteiger partial charge on any atom is 0.259 e. The highest BCUT2D eigenvalue weighted by molar-refractivity contribution is 9.10. The number of aliphatic hydroxyl groups is 1. The monoisotopic (exact) mass is 505 g/mol. The van der Waals surface area contributed by atoms with Crippen LogP contribution in [0.15, 0.2) is 34.9 Å². The standard InChI is InChI=1S/C23H28BrN3O5/c1-14-9-27(15(2)12-28)23(29)18-7-17(24)8-25-22(18)32-21(14)11-26(3)10-16-4-5-19-20(6-16)31-13-30-19/h4-8,14-15,21,28H,9-13H2,1-3H3/t14-,15-,21-/m1/s1. The van der Waals surface area contributed by atoms with Gasteiger partial charge in [0.05, 0.1) is 12.6 Å². The van der Waals surface area contributed by atoms with E-state index in [0.717, 1.165) is 17.1 Å². The van der Waals surface area contributed by atoms with Gasteiger partial charge in [0, 0.05) is 36.2 Å². The number of likely N-dealkylation sites (N-methyl/N-ethyl adjacent to an activating group) is 1. The van der Waals surface area contributed by atoms with Gasteiger partial charge in [0.2, 0.25) is 12.7 Å². The van der Waals surface area contributed by atoms with E-state index in [-0.39, 0.29) is 37.4 Å². The molecule has 0 saturated carbocycles. The van der Waals surface area contributed by atoms with E-state index in [2.05, 4.69) is 32.7 Å². The minimum absolute atomic E-state index is 0.0331. The molecule has 0 radical (unpaired) electrons. The molecule has 2 aromatic rings. The molecule has 0 spiro atoms. The first-order valence-corrected chi connectivity index (χ1v) is 11.5. The Morgan fingerprint density at radius 1 is 1.31 bits per heavy atom. The Bertz CT molecular complexity index is 988. The summed E-state index contributed by atoms with van der Waals surface area (Å²) in [4.78, 5) is 21.5. The van der Waals surface area contributed by atoms with Crippen molar-refractivity contribution in [3.05, 3.63) is 46.1 Å². The highest BCUT2D eigenvalue weighted by atomic mass is 79.9. The number of halogens is 1. The van der Waals surface area contributed by atoms with Crippen molar-refractivity contribution in [2.45, 2.75) is 32.5 Å². The molecule has 2 aliphatic rings. The summed E-state index contributed by atoms with van der Waals surface area (Å²) in [7, 11) is 2.04. The smallest absolute Gasteiger partial charge is 0.259 e. The summed E-state index contributed by atoms with van der Waals surface area (Å²) >= 11 is 3.40. The molecule has 0 aliphatic carbocycles. The number of amides is 1. The Morgan fingerprint density at radius 3 is 2.88 bits per heavy atom. The van der Waals surface area contributed by atoms with Gasteiger partial charge in [-0.15, -0.1) is 0 Å². The fourth-order valence-corrected chi connectivity index (χ4v) is 4.35. The van der Waals surface area contributed by atoms with Crippen LogP contribution in [0.25, 0.3) is 0 Å². The number of rotatable bonds is 6. The molecule has 172 valence electrons. The van der Waals surface area contributed by atoms with Gasteiger partial charge in [-0.3, -0.25) is 9.69 Å². The lowest BCUT2D eigenvalue weighted by Crippen LogP contribution is -2.49. The molecule has 4 rings (SSSR count). The predicted octanol–water partition coefficient (Wildman–Crippen LogP) is 2.92. The van der Waals surface area contributed by atoms with Crippen molar-refractivity contribution in [1.29, 1.82) is 0 Å².